The van der Waals surface area contributed by atoms with Crippen LogP contribution >= 0.6 is 27.3 Å². The Morgan fingerprint density at radius 2 is 2.47 bits per heavy atom. The zero-order valence-corrected chi connectivity index (χ0v) is 11.6. The molecule has 15 heavy (non-hydrogen) atoms. The molecule has 1 aromatic heterocycles. The monoisotopic (exact) mass is 287 g/mol. The van der Waals surface area contributed by atoms with Gasteiger partial charge in [0.15, 0.2) is 0 Å². The van der Waals surface area contributed by atoms with Crippen molar-refractivity contribution in [2.45, 2.75) is 25.8 Å². The lowest BCUT2D eigenvalue weighted by molar-refractivity contribution is 0.256. The maximum absolute atomic E-state index is 3.64. The third-order valence-electron chi connectivity index (χ3n) is 3.38. The molecule has 1 aliphatic rings. The average molecular weight is 288 g/mol. The van der Waals surface area contributed by atoms with Crippen molar-refractivity contribution in [1.29, 1.82) is 0 Å². The van der Waals surface area contributed by atoms with Gasteiger partial charge in [-0.2, -0.15) is 0 Å². The maximum Gasteiger partial charge on any atom is 0.0218 e. The SMILES string of the molecule is CC1CCN(CCc2cccs2)C1CBr. The fraction of sp³-hybridized carbons (Fsp3) is 0.667. The van der Waals surface area contributed by atoms with E-state index >= 15 is 0 Å². The second-order valence-corrected chi connectivity index (χ2v) is 6.03. The van der Waals surface area contributed by atoms with Crippen molar-refractivity contribution in [1.82, 2.24) is 4.90 Å². The molecule has 1 fully saturated rings. The lowest BCUT2D eigenvalue weighted by atomic mass is 10.1. The van der Waals surface area contributed by atoms with E-state index in [-0.39, 0.29) is 0 Å². The number of alkyl halides is 1. The van der Waals surface area contributed by atoms with Crippen LogP contribution in [-0.2, 0) is 6.42 Å². The van der Waals surface area contributed by atoms with E-state index in [2.05, 4.69) is 45.3 Å². The van der Waals surface area contributed by atoms with Crippen LogP contribution in [0.2, 0.25) is 0 Å². The summed E-state index contributed by atoms with van der Waals surface area (Å²) in [6.45, 7) is 4.88. The molecule has 2 rings (SSSR count). The van der Waals surface area contributed by atoms with Gasteiger partial charge in [0.1, 0.15) is 0 Å². The number of halogens is 1. The number of likely N-dealkylation sites (tertiary alicyclic amines) is 1. The molecule has 1 saturated heterocycles. The van der Waals surface area contributed by atoms with Crippen molar-refractivity contribution in [3.63, 3.8) is 0 Å². The van der Waals surface area contributed by atoms with Gasteiger partial charge in [0.25, 0.3) is 0 Å². The van der Waals surface area contributed by atoms with Crippen LogP contribution < -0.4 is 0 Å². The molecule has 1 aliphatic heterocycles. The first-order valence-electron chi connectivity index (χ1n) is 5.63. The maximum atomic E-state index is 3.64. The standard InChI is InChI=1S/C12H18BrNS/c1-10-4-6-14(12(10)9-13)7-5-11-3-2-8-15-11/h2-3,8,10,12H,4-7,9H2,1H3. The summed E-state index contributed by atoms with van der Waals surface area (Å²) < 4.78 is 0. The summed E-state index contributed by atoms with van der Waals surface area (Å²) in [5, 5.41) is 3.29. The highest BCUT2D eigenvalue weighted by molar-refractivity contribution is 9.09. The molecule has 3 heteroatoms. The highest BCUT2D eigenvalue weighted by Crippen LogP contribution is 2.25. The highest BCUT2D eigenvalue weighted by Gasteiger charge is 2.29. The molecule has 0 saturated carbocycles. The molecule has 0 N–H and O–H groups in total. The van der Waals surface area contributed by atoms with Gasteiger partial charge in [-0.1, -0.05) is 28.9 Å². The van der Waals surface area contributed by atoms with Crippen molar-refractivity contribution in [3.05, 3.63) is 22.4 Å². The topological polar surface area (TPSA) is 3.24 Å². The molecular formula is C12H18BrNS. The van der Waals surface area contributed by atoms with Gasteiger partial charge < -0.3 is 0 Å². The Balaban J connectivity index is 1.84. The van der Waals surface area contributed by atoms with E-state index in [1.54, 1.807) is 0 Å². The molecule has 0 bridgehead atoms. The predicted octanol–water partition coefficient (Wildman–Crippen LogP) is 3.40. The molecular weight excluding hydrogens is 270 g/mol. The summed E-state index contributed by atoms with van der Waals surface area (Å²) in [5.74, 6) is 0.854. The average Bonchev–Trinajstić information content (AvgIpc) is 2.84. The summed E-state index contributed by atoms with van der Waals surface area (Å²) in [5.41, 5.74) is 0. The first-order chi connectivity index (χ1) is 7.31. The summed E-state index contributed by atoms with van der Waals surface area (Å²) in [6.07, 6.45) is 2.58. The quantitative estimate of drug-likeness (QED) is 0.768. The van der Waals surface area contributed by atoms with E-state index in [4.69, 9.17) is 0 Å². The Morgan fingerprint density at radius 3 is 3.13 bits per heavy atom. The van der Waals surface area contributed by atoms with Crippen LogP contribution in [0.5, 0.6) is 0 Å². The zero-order valence-electron chi connectivity index (χ0n) is 9.16. The van der Waals surface area contributed by atoms with Gasteiger partial charge >= 0.3 is 0 Å². The fourth-order valence-corrected chi connectivity index (χ4v) is 4.07. The van der Waals surface area contributed by atoms with Gasteiger partial charge in [0.2, 0.25) is 0 Å². The summed E-state index contributed by atoms with van der Waals surface area (Å²) in [6, 6.07) is 5.15. The molecule has 0 radical (unpaired) electrons. The molecule has 1 nitrogen and oxygen atoms in total. The van der Waals surface area contributed by atoms with E-state index in [0.717, 1.165) is 17.3 Å². The van der Waals surface area contributed by atoms with Gasteiger partial charge in [-0.15, -0.1) is 11.3 Å². The molecule has 2 atom stereocenters. The number of hydrogen-bond acceptors (Lipinski definition) is 2. The van der Waals surface area contributed by atoms with Crippen LogP contribution in [0.15, 0.2) is 17.5 Å². The molecule has 1 aromatic rings. The number of nitrogens with zero attached hydrogens (tertiary/aromatic N) is 1. The van der Waals surface area contributed by atoms with Crippen LogP contribution in [0.4, 0.5) is 0 Å². The molecule has 84 valence electrons. The van der Waals surface area contributed by atoms with Crippen LogP contribution in [0.3, 0.4) is 0 Å². The lowest BCUT2D eigenvalue weighted by Gasteiger charge is -2.24. The summed E-state index contributed by atoms with van der Waals surface area (Å²) in [7, 11) is 0. The van der Waals surface area contributed by atoms with Crippen LogP contribution in [0.1, 0.15) is 18.2 Å². The third-order valence-corrected chi connectivity index (χ3v) is 4.98. The van der Waals surface area contributed by atoms with Crippen LogP contribution in [-0.4, -0.2) is 29.4 Å². The smallest absolute Gasteiger partial charge is 0.0218 e. The number of hydrogen-bond donors (Lipinski definition) is 0. The normalized spacial score (nSPS) is 27.3. The van der Waals surface area contributed by atoms with Gasteiger partial charge in [-0.05, 0) is 36.8 Å². The van der Waals surface area contributed by atoms with E-state index in [0.29, 0.717) is 0 Å². The Labute approximate surface area is 105 Å². The largest absolute Gasteiger partial charge is 0.299 e. The first-order valence-corrected chi connectivity index (χ1v) is 7.63. The van der Waals surface area contributed by atoms with Crippen LogP contribution in [0, 0.1) is 5.92 Å². The molecule has 2 heterocycles. The molecule has 0 spiro atoms. The summed E-state index contributed by atoms with van der Waals surface area (Å²) in [4.78, 5) is 4.15. The van der Waals surface area contributed by atoms with E-state index < -0.39 is 0 Å². The third kappa shape index (κ3) is 2.83. The van der Waals surface area contributed by atoms with Crippen molar-refractivity contribution in [3.8, 4) is 0 Å². The second kappa shape index (κ2) is 5.46. The van der Waals surface area contributed by atoms with Crippen molar-refractivity contribution >= 4 is 27.3 Å². The van der Waals surface area contributed by atoms with Crippen molar-refractivity contribution in [2.24, 2.45) is 5.92 Å². The second-order valence-electron chi connectivity index (χ2n) is 4.35. The van der Waals surface area contributed by atoms with Gasteiger partial charge in [0.05, 0.1) is 0 Å². The molecule has 0 amide bonds. The van der Waals surface area contributed by atoms with E-state index in [1.807, 2.05) is 11.3 Å². The van der Waals surface area contributed by atoms with Gasteiger partial charge in [-0.3, -0.25) is 4.90 Å². The number of rotatable bonds is 4. The van der Waals surface area contributed by atoms with E-state index in [9.17, 15) is 0 Å². The molecule has 0 aromatic carbocycles. The van der Waals surface area contributed by atoms with Gasteiger partial charge in [0, 0.05) is 22.8 Å². The Bertz CT molecular complexity index is 286. The lowest BCUT2D eigenvalue weighted by Crippen LogP contribution is -2.34. The molecule has 0 aliphatic carbocycles. The zero-order chi connectivity index (χ0) is 10.7. The van der Waals surface area contributed by atoms with Crippen molar-refractivity contribution in [2.75, 3.05) is 18.4 Å². The summed E-state index contributed by atoms with van der Waals surface area (Å²) >= 11 is 5.51. The Hall–Kier alpha value is 0.140. The minimum Gasteiger partial charge on any atom is -0.299 e. The van der Waals surface area contributed by atoms with E-state index in [1.165, 1.54) is 30.8 Å². The predicted molar refractivity (Wildman–Crippen MR) is 71.0 cm³/mol. The van der Waals surface area contributed by atoms with Crippen molar-refractivity contribution < 1.29 is 0 Å². The fourth-order valence-electron chi connectivity index (χ4n) is 2.32. The minimum absolute atomic E-state index is 0.755. The Kier molecular flexibility index (Phi) is 4.23. The number of thiophene rings is 1. The Morgan fingerprint density at radius 1 is 1.60 bits per heavy atom. The van der Waals surface area contributed by atoms with Gasteiger partial charge in [-0.25, -0.2) is 0 Å². The highest BCUT2D eigenvalue weighted by atomic mass is 79.9. The first kappa shape index (κ1) is 11.6. The van der Waals surface area contributed by atoms with Crippen LogP contribution in [0.25, 0.3) is 0 Å². The molecule has 2 unspecified atom stereocenters. The minimum atomic E-state index is 0.755.